The molecule has 0 saturated carbocycles. The molecular weight excluding hydrogens is 443 g/mol. The highest BCUT2D eigenvalue weighted by Gasteiger charge is 2.18. The van der Waals surface area contributed by atoms with Crippen LogP contribution in [0.25, 0.3) is 23.5 Å². The summed E-state index contributed by atoms with van der Waals surface area (Å²) in [6.07, 6.45) is 9.39. The van der Waals surface area contributed by atoms with Crippen LogP contribution in [0.2, 0.25) is 0 Å². The minimum atomic E-state index is -0.260. The van der Waals surface area contributed by atoms with E-state index in [2.05, 4.69) is 11.6 Å². The number of methoxy groups -OCH3 is 2. The molecule has 3 aromatic carbocycles. The molecular formula is C29H27FN2O3. The highest BCUT2D eigenvalue weighted by Crippen LogP contribution is 2.37. The normalized spacial score (nSPS) is 10.9. The molecule has 5 nitrogen and oxygen atoms in total. The molecule has 178 valence electrons. The van der Waals surface area contributed by atoms with Gasteiger partial charge in [-0.15, -0.1) is 0 Å². The van der Waals surface area contributed by atoms with Crippen molar-refractivity contribution in [1.29, 1.82) is 0 Å². The third-order valence-electron chi connectivity index (χ3n) is 5.47. The number of benzene rings is 3. The van der Waals surface area contributed by atoms with Crippen LogP contribution in [-0.2, 0) is 6.54 Å². The molecule has 0 aliphatic heterocycles. The van der Waals surface area contributed by atoms with Crippen molar-refractivity contribution in [3.05, 3.63) is 108 Å². The molecule has 0 bridgehead atoms. The summed E-state index contributed by atoms with van der Waals surface area (Å²) < 4.78 is 32.2. The summed E-state index contributed by atoms with van der Waals surface area (Å²) in [5.41, 5.74) is 3.70. The third kappa shape index (κ3) is 5.79. The molecule has 0 aliphatic carbocycles. The van der Waals surface area contributed by atoms with Gasteiger partial charge < -0.3 is 18.8 Å². The summed E-state index contributed by atoms with van der Waals surface area (Å²) in [5.74, 6) is 2.58. The first-order valence-electron chi connectivity index (χ1n) is 11.1. The first kappa shape index (κ1) is 23.8. The molecule has 0 radical (unpaired) electrons. The number of imidazole rings is 1. The van der Waals surface area contributed by atoms with Crippen molar-refractivity contribution in [3.8, 4) is 28.6 Å². The molecule has 4 rings (SSSR count). The second-order valence-corrected chi connectivity index (χ2v) is 7.80. The molecule has 35 heavy (non-hydrogen) atoms. The molecule has 6 heteroatoms. The zero-order valence-electron chi connectivity index (χ0n) is 19.8. The van der Waals surface area contributed by atoms with Crippen LogP contribution < -0.4 is 14.2 Å². The fourth-order valence-electron chi connectivity index (χ4n) is 3.73. The Morgan fingerprint density at radius 2 is 1.71 bits per heavy atom. The van der Waals surface area contributed by atoms with Gasteiger partial charge in [-0.05, 0) is 47.0 Å². The van der Waals surface area contributed by atoms with Gasteiger partial charge in [-0.1, -0.05) is 49.1 Å². The van der Waals surface area contributed by atoms with Gasteiger partial charge in [0.15, 0.2) is 0 Å². The zero-order chi connectivity index (χ0) is 24.6. The summed E-state index contributed by atoms with van der Waals surface area (Å²) in [6, 6.07) is 18.1. The van der Waals surface area contributed by atoms with E-state index in [1.54, 1.807) is 38.6 Å². The summed E-state index contributed by atoms with van der Waals surface area (Å²) in [4.78, 5) is 4.63. The third-order valence-corrected chi connectivity index (χ3v) is 5.47. The van der Waals surface area contributed by atoms with Gasteiger partial charge in [0, 0.05) is 25.0 Å². The Hall–Kier alpha value is -4.32. The van der Waals surface area contributed by atoms with Crippen molar-refractivity contribution in [2.45, 2.75) is 6.54 Å². The van der Waals surface area contributed by atoms with Gasteiger partial charge in [0.2, 0.25) is 0 Å². The van der Waals surface area contributed by atoms with E-state index in [0.29, 0.717) is 24.7 Å². The topological polar surface area (TPSA) is 45.5 Å². The van der Waals surface area contributed by atoms with E-state index < -0.39 is 0 Å². The molecule has 0 unspecified atom stereocenters. The van der Waals surface area contributed by atoms with E-state index in [9.17, 15) is 4.39 Å². The van der Waals surface area contributed by atoms with Crippen LogP contribution in [0.4, 0.5) is 4.39 Å². The van der Waals surface area contributed by atoms with Crippen LogP contribution >= 0.6 is 0 Å². The number of ether oxygens (including phenoxy) is 3. The molecule has 1 heterocycles. The minimum Gasteiger partial charge on any atom is -0.497 e. The number of hydrogen-bond acceptors (Lipinski definition) is 4. The second-order valence-electron chi connectivity index (χ2n) is 7.80. The molecule has 0 spiro atoms. The molecule has 0 aliphatic rings. The van der Waals surface area contributed by atoms with Crippen LogP contribution in [0.15, 0.2) is 85.7 Å². The molecule has 0 fully saturated rings. The van der Waals surface area contributed by atoms with Gasteiger partial charge >= 0.3 is 0 Å². The van der Waals surface area contributed by atoms with Gasteiger partial charge in [-0.3, -0.25) is 0 Å². The number of halogens is 1. The van der Waals surface area contributed by atoms with Crippen LogP contribution in [0, 0.1) is 5.82 Å². The SMILES string of the molecule is C=CCOc1ccc(C=Cc2cc(OC)cc(OC)c2-c2nccn2Cc2ccc(F)cc2)cc1. The molecule has 0 amide bonds. The maximum atomic E-state index is 13.4. The standard InChI is InChI=1S/C29H27FN2O3/c1-4-17-35-25-13-8-21(9-14-25)5-10-23-18-26(33-2)19-27(34-3)28(23)29-31-15-16-32(29)20-22-6-11-24(30)12-7-22/h4-16,18-19H,1,17,20H2,2-3H3. The lowest BCUT2D eigenvalue weighted by atomic mass is 10.0. The van der Waals surface area contributed by atoms with Crippen molar-refractivity contribution in [2.24, 2.45) is 0 Å². The largest absolute Gasteiger partial charge is 0.497 e. The molecule has 0 saturated heterocycles. The Labute approximate surface area is 204 Å². The van der Waals surface area contributed by atoms with Crippen molar-refractivity contribution in [3.63, 3.8) is 0 Å². The smallest absolute Gasteiger partial charge is 0.144 e. The fraction of sp³-hybridized carbons (Fsp3) is 0.138. The predicted molar refractivity (Wildman–Crippen MR) is 137 cm³/mol. The van der Waals surface area contributed by atoms with Gasteiger partial charge in [0.05, 0.1) is 19.8 Å². The van der Waals surface area contributed by atoms with Gasteiger partial charge in [0.1, 0.15) is 35.5 Å². The Morgan fingerprint density at radius 1 is 0.943 bits per heavy atom. The molecule has 0 N–H and O–H groups in total. The number of hydrogen-bond donors (Lipinski definition) is 0. The Balaban J connectivity index is 1.71. The lowest BCUT2D eigenvalue weighted by Gasteiger charge is -2.16. The Morgan fingerprint density at radius 3 is 2.40 bits per heavy atom. The van der Waals surface area contributed by atoms with E-state index in [4.69, 9.17) is 14.2 Å². The van der Waals surface area contributed by atoms with E-state index >= 15 is 0 Å². The zero-order valence-corrected chi connectivity index (χ0v) is 19.8. The average Bonchev–Trinajstić information content (AvgIpc) is 3.35. The number of rotatable bonds is 10. The average molecular weight is 471 g/mol. The summed E-state index contributed by atoms with van der Waals surface area (Å²) >= 11 is 0. The predicted octanol–water partition coefficient (Wildman–Crippen LogP) is 6.49. The van der Waals surface area contributed by atoms with Gasteiger partial charge in [-0.2, -0.15) is 0 Å². The maximum Gasteiger partial charge on any atom is 0.144 e. The van der Waals surface area contributed by atoms with E-state index in [-0.39, 0.29) is 5.82 Å². The summed E-state index contributed by atoms with van der Waals surface area (Å²) in [5, 5.41) is 0. The number of aromatic nitrogens is 2. The van der Waals surface area contributed by atoms with Gasteiger partial charge in [-0.25, -0.2) is 9.37 Å². The second kappa shape index (κ2) is 11.2. The van der Waals surface area contributed by atoms with Crippen LogP contribution in [0.5, 0.6) is 17.2 Å². The van der Waals surface area contributed by atoms with Crippen molar-refractivity contribution in [1.82, 2.24) is 9.55 Å². The first-order chi connectivity index (χ1) is 17.1. The summed E-state index contributed by atoms with van der Waals surface area (Å²) in [6.45, 7) is 4.68. The van der Waals surface area contributed by atoms with Crippen molar-refractivity contribution < 1.29 is 18.6 Å². The van der Waals surface area contributed by atoms with E-state index in [1.807, 2.05) is 59.3 Å². The van der Waals surface area contributed by atoms with Gasteiger partial charge in [0.25, 0.3) is 0 Å². The quantitative estimate of drug-likeness (QED) is 0.196. The van der Waals surface area contributed by atoms with Crippen molar-refractivity contribution in [2.75, 3.05) is 20.8 Å². The Bertz CT molecular complexity index is 1310. The summed E-state index contributed by atoms with van der Waals surface area (Å²) in [7, 11) is 3.25. The van der Waals surface area contributed by atoms with Crippen LogP contribution in [-0.4, -0.2) is 30.4 Å². The highest BCUT2D eigenvalue weighted by molar-refractivity contribution is 5.83. The monoisotopic (exact) mass is 470 g/mol. The lowest BCUT2D eigenvalue weighted by Crippen LogP contribution is -2.04. The minimum absolute atomic E-state index is 0.260. The Kier molecular flexibility index (Phi) is 7.63. The van der Waals surface area contributed by atoms with E-state index in [0.717, 1.165) is 33.8 Å². The lowest BCUT2D eigenvalue weighted by molar-refractivity contribution is 0.363. The van der Waals surface area contributed by atoms with Crippen LogP contribution in [0.3, 0.4) is 0 Å². The van der Waals surface area contributed by atoms with Crippen molar-refractivity contribution >= 4 is 12.2 Å². The number of nitrogens with zero attached hydrogens (tertiary/aromatic N) is 2. The molecule has 4 aromatic rings. The molecule has 1 aromatic heterocycles. The van der Waals surface area contributed by atoms with E-state index in [1.165, 1.54) is 12.1 Å². The highest BCUT2D eigenvalue weighted by atomic mass is 19.1. The molecule has 0 atom stereocenters. The first-order valence-corrected chi connectivity index (χ1v) is 11.1. The maximum absolute atomic E-state index is 13.4. The van der Waals surface area contributed by atoms with Crippen LogP contribution in [0.1, 0.15) is 16.7 Å². The fourth-order valence-corrected chi connectivity index (χ4v) is 3.73.